The maximum Gasteiger partial charge on any atom is 0.171 e. The van der Waals surface area contributed by atoms with Crippen molar-refractivity contribution in [1.82, 2.24) is 9.78 Å². The summed E-state index contributed by atoms with van der Waals surface area (Å²) in [5.74, 6) is 0.722. The van der Waals surface area contributed by atoms with Gasteiger partial charge >= 0.3 is 0 Å². The summed E-state index contributed by atoms with van der Waals surface area (Å²) in [4.78, 5) is 12.7. The Morgan fingerprint density at radius 3 is 2.43 bits per heavy atom. The normalized spacial score (nSPS) is 10.8. The first kappa shape index (κ1) is 15.3. The van der Waals surface area contributed by atoms with E-state index in [1.54, 1.807) is 7.11 Å². The number of Topliss-reactive ketones (excluding diaryl/α,β-unsaturated/α-hetero) is 1. The van der Waals surface area contributed by atoms with Crippen LogP contribution in [0.1, 0.15) is 38.4 Å². The van der Waals surface area contributed by atoms with E-state index in [1.807, 2.05) is 51.6 Å². The van der Waals surface area contributed by atoms with Crippen LogP contribution >= 0.6 is 0 Å². The average Bonchev–Trinajstić information content (AvgIpc) is 2.64. The topological polar surface area (TPSA) is 44.1 Å². The van der Waals surface area contributed by atoms with Crippen LogP contribution in [0.5, 0.6) is 5.75 Å². The number of nitrogens with zero attached hydrogens (tertiary/aromatic N) is 2. The van der Waals surface area contributed by atoms with Gasteiger partial charge in [-0.3, -0.25) is 9.48 Å². The van der Waals surface area contributed by atoms with E-state index in [9.17, 15) is 4.79 Å². The van der Waals surface area contributed by atoms with Crippen LogP contribution in [-0.2, 0) is 13.5 Å². The molecule has 0 bridgehead atoms. The molecule has 0 spiro atoms. The molecule has 0 aliphatic rings. The number of methoxy groups -OCH3 is 1. The highest BCUT2D eigenvalue weighted by Gasteiger charge is 2.19. The van der Waals surface area contributed by atoms with E-state index in [-0.39, 0.29) is 5.78 Å². The number of hydrogen-bond donors (Lipinski definition) is 0. The van der Waals surface area contributed by atoms with Crippen LogP contribution in [-0.4, -0.2) is 22.7 Å². The molecule has 1 aromatic carbocycles. The van der Waals surface area contributed by atoms with Crippen molar-refractivity contribution in [2.24, 2.45) is 7.05 Å². The molecule has 4 nitrogen and oxygen atoms in total. The Hall–Kier alpha value is -2.10. The number of aryl methyl sites for hydroxylation is 4. The quantitative estimate of drug-likeness (QED) is 0.811. The summed E-state index contributed by atoms with van der Waals surface area (Å²) < 4.78 is 7.21. The zero-order valence-electron chi connectivity index (χ0n) is 13.6. The Morgan fingerprint density at radius 2 is 1.90 bits per heavy atom. The highest BCUT2D eigenvalue weighted by Crippen LogP contribution is 2.26. The number of benzene rings is 1. The maximum atomic E-state index is 12.7. The van der Waals surface area contributed by atoms with Gasteiger partial charge < -0.3 is 4.74 Å². The molecule has 0 aliphatic carbocycles. The largest absolute Gasteiger partial charge is 0.496 e. The molecule has 0 aliphatic heterocycles. The minimum Gasteiger partial charge on any atom is -0.496 e. The lowest BCUT2D eigenvalue weighted by Gasteiger charge is -2.12. The van der Waals surface area contributed by atoms with Gasteiger partial charge in [0.05, 0.1) is 18.4 Å². The third-order valence-electron chi connectivity index (χ3n) is 3.94. The summed E-state index contributed by atoms with van der Waals surface area (Å²) in [6.07, 6.45) is 0.353. The van der Waals surface area contributed by atoms with Crippen molar-refractivity contribution in [1.29, 1.82) is 0 Å². The van der Waals surface area contributed by atoms with Crippen LogP contribution in [0.25, 0.3) is 0 Å². The lowest BCUT2D eigenvalue weighted by atomic mass is 9.96. The van der Waals surface area contributed by atoms with E-state index >= 15 is 0 Å². The number of carbonyl (C=O) groups excluding carboxylic acids is 1. The van der Waals surface area contributed by atoms with Crippen molar-refractivity contribution in [3.8, 4) is 5.75 Å². The summed E-state index contributed by atoms with van der Waals surface area (Å²) >= 11 is 0. The lowest BCUT2D eigenvalue weighted by Crippen LogP contribution is -2.09. The number of aromatic nitrogens is 2. The molecule has 4 heteroatoms. The molecular weight excluding hydrogens is 264 g/mol. The summed E-state index contributed by atoms with van der Waals surface area (Å²) in [6.45, 7) is 7.88. The number of hydrogen-bond acceptors (Lipinski definition) is 3. The number of rotatable bonds is 4. The van der Waals surface area contributed by atoms with Gasteiger partial charge in [0.2, 0.25) is 0 Å². The fourth-order valence-corrected chi connectivity index (χ4v) is 2.77. The van der Waals surface area contributed by atoms with Crippen molar-refractivity contribution >= 4 is 5.78 Å². The molecule has 0 atom stereocenters. The van der Waals surface area contributed by atoms with Crippen molar-refractivity contribution < 1.29 is 9.53 Å². The fourth-order valence-electron chi connectivity index (χ4n) is 2.77. The SMILES string of the molecule is COc1cc(C)cc(C)c1C(=O)Cc1c(C)nn(C)c1C. The minimum atomic E-state index is 0.0727. The molecule has 0 radical (unpaired) electrons. The Bertz CT molecular complexity index is 699. The van der Waals surface area contributed by atoms with Gasteiger partial charge in [-0.2, -0.15) is 5.10 Å². The van der Waals surface area contributed by atoms with Gasteiger partial charge in [-0.15, -0.1) is 0 Å². The van der Waals surface area contributed by atoms with Gasteiger partial charge in [0.25, 0.3) is 0 Å². The van der Waals surface area contributed by atoms with E-state index in [0.717, 1.165) is 28.1 Å². The zero-order chi connectivity index (χ0) is 15.7. The fraction of sp³-hybridized carbons (Fsp3) is 0.412. The van der Waals surface area contributed by atoms with E-state index in [0.29, 0.717) is 17.7 Å². The van der Waals surface area contributed by atoms with Gasteiger partial charge in [0, 0.05) is 24.7 Å². The highest BCUT2D eigenvalue weighted by molar-refractivity contribution is 6.01. The van der Waals surface area contributed by atoms with E-state index in [4.69, 9.17) is 4.74 Å². The molecule has 112 valence electrons. The molecule has 1 aromatic heterocycles. The molecule has 0 unspecified atom stereocenters. The molecule has 2 rings (SSSR count). The predicted octanol–water partition coefficient (Wildman–Crippen LogP) is 3.09. The third kappa shape index (κ3) is 2.84. The standard InChI is InChI=1S/C17H22N2O2/c1-10-7-11(2)17(16(8-10)21-6)15(20)9-14-12(3)18-19(5)13(14)4/h7-8H,9H2,1-6H3. The van der Waals surface area contributed by atoms with Crippen molar-refractivity contribution in [3.63, 3.8) is 0 Å². The lowest BCUT2D eigenvalue weighted by molar-refractivity contribution is 0.0989. The smallest absolute Gasteiger partial charge is 0.171 e. The first-order chi connectivity index (χ1) is 9.85. The molecule has 0 saturated carbocycles. The van der Waals surface area contributed by atoms with Gasteiger partial charge in [-0.25, -0.2) is 0 Å². The van der Waals surface area contributed by atoms with Gasteiger partial charge in [-0.05, 0) is 44.9 Å². The zero-order valence-corrected chi connectivity index (χ0v) is 13.6. The molecule has 2 aromatic rings. The predicted molar refractivity (Wildman–Crippen MR) is 83.2 cm³/mol. The van der Waals surface area contributed by atoms with Crippen LogP contribution in [0, 0.1) is 27.7 Å². The summed E-state index contributed by atoms with van der Waals surface area (Å²) in [5, 5.41) is 4.37. The molecule has 0 N–H and O–H groups in total. The monoisotopic (exact) mass is 286 g/mol. The average molecular weight is 286 g/mol. The van der Waals surface area contributed by atoms with Gasteiger partial charge in [-0.1, -0.05) is 6.07 Å². The maximum absolute atomic E-state index is 12.7. The van der Waals surface area contributed by atoms with E-state index in [2.05, 4.69) is 5.10 Å². The van der Waals surface area contributed by atoms with E-state index in [1.165, 1.54) is 0 Å². The Labute approximate surface area is 125 Å². The van der Waals surface area contributed by atoms with Gasteiger partial charge in [0.15, 0.2) is 5.78 Å². The number of ketones is 1. The van der Waals surface area contributed by atoms with Crippen molar-refractivity contribution in [2.75, 3.05) is 7.11 Å². The number of carbonyl (C=O) groups is 1. The first-order valence-corrected chi connectivity index (χ1v) is 7.02. The molecule has 0 amide bonds. The Kier molecular flexibility index (Phi) is 4.16. The van der Waals surface area contributed by atoms with Crippen LogP contribution in [0.15, 0.2) is 12.1 Å². The molecule has 0 saturated heterocycles. The summed E-state index contributed by atoms with van der Waals surface area (Å²) in [7, 11) is 3.50. The second kappa shape index (κ2) is 5.72. The Balaban J connectivity index is 2.41. The Morgan fingerprint density at radius 1 is 1.24 bits per heavy atom. The van der Waals surface area contributed by atoms with Crippen molar-refractivity contribution in [3.05, 3.63) is 45.8 Å². The summed E-state index contributed by atoms with van der Waals surface area (Å²) in [6, 6.07) is 3.92. The van der Waals surface area contributed by atoms with Gasteiger partial charge in [0.1, 0.15) is 5.75 Å². The molecular formula is C17H22N2O2. The van der Waals surface area contributed by atoms with Crippen molar-refractivity contribution in [2.45, 2.75) is 34.1 Å². The highest BCUT2D eigenvalue weighted by atomic mass is 16.5. The van der Waals surface area contributed by atoms with Crippen LogP contribution in [0.3, 0.4) is 0 Å². The molecule has 0 fully saturated rings. The second-order valence-corrected chi connectivity index (χ2v) is 5.53. The second-order valence-electron chi connectivity index (χ2n) is 5.53. The van der Waals surface area contributed by atoms with Crippen LogP contribution in [0.2, 0.25) is 0 Å². The van der Waals surface area contributed by atoms with E-state index < -0.39 is 0 Å². The first-order valence-electron chi connectivity index (χ1n) is 7.02. The molecule has 1 heterocycles. The minimum absolute atomic E-state index is 0.0727. The number of ether oxygens (including phenoxy) is 1. The van der Waals surface area contributed by atoms with Crippen LogP contribution in [0.4, 0.5) is 0 Å². The summed E-state index contributed by atoms with van der Waals surface area (Å²) in [5.41, 5.74) is 5.66. The van der Waals surface area contributed by atoms with Crippen LogP contribution < -0.4 is 4.74 Å². The third-order valence-corrected chi connectivity index (χ3v) is 3.94. The molecule has 21 heavy (non-hydrogen) atoms.